The van der Waals surface area contributed by atoms with E-state index in [1.165, 1.54) is 0 Å². The Bertz CT molecular complexity index is 918. The molecule has 6 nitrogen and oxygen atoms in total. The molecule has 1 heterocycles. The highest BCUT2D eigenvalue weighted by Crippen LogP contribution is 2.32. The molecule has 1 aromatic heterocycles. The average Bonchev–Trinajstić information content (AvgIpc) is 3.15. The van der Waals surface area contributed by atoms with Crippen molar-refractivity contribution in [3.63, 3.8) is 0 Å². The van der Waals surface area contributed by atoms with Crippen LogP contribution >= 0.6 is 0 Å². The molecule has 0 bridgehead atoms. The van der Waals surface area contributed by atoms with Crippen LogP contribution in [0.3, 0.4) is 0 Å². The molecule has 2 aromatic carbocycles. The Morgan fingerprint density at radius 1 is 1.08 bits per heavy atom. The van der Waals surface area contributed by atoms with Gasteiger partial charge in [-0.1, -0.05) is 23.4 Å². The van der Waals surface area contributed by atoms with E-state index >= 15 is 0 Å². The fourth-order valence-electron chi connectivity index (χ4n) is 2.61. The maximum absolute atomic E-state index is 12.3. The third-order valence-electron chi connectivity index (χ3n) is 4.05. The maximum atomic E-state index is 12.3. The number of aromatic nitrogens is 1. The molecule has 0 radical (unpaired) electrons. The Labute approximate surface area is 151 Å². The van der Waals surface area contributed by atoms with Gasteiger partial charge in [-0.3, -0.25) is 4.79 Å². The van der Waals surface area contributed by atoms with Gasteiger partial charge in [-0.15, -0.1) is 0 Å². The van der Waals surface area contributed by atoms with Gasteiger partial charge in [0.25, 0.3) is 5.91 Å². The molecule has 0 saturated carbocycles. The second kappa shape index (κ2) is 7.74. The molecule has 6 heteroatoms. The van der Waals surface area contributed by atoms with E-state index in [1.54, 1.807) is 32.4 Å². The summed E-state index contributed by atoms with van der Waals surface area (Å²) in [7, 11) is 3.16. The summed E-state index contributed by atoms with van der Waals surface area (Å²) in [5.74, 6) is 1.70. The van der Waals surface area contributed by atoms with E-state index in [0.717, 1.165) is 11.1 Å². The molecule has 3 aromatic rings. The molecule has 0 saturated heterocycles. The average molecular weight is 352 g/mol. The normalized spacial score (nSPS) is 10.4. The SMILES string of the molecule is COc1ccc(-c2cc(CNC(=O)c3ccccc3C)no2)cc1OC. The Hall–Kier alpha value is -3.28. The van der Waals surface area contributed by atoms with Crippen LogP contribution in [0.1, 0.15) is 21.6 Å². The lowest BCUT2D eigenvalue weighted by Crippen LogP contribution is -2.23. The van der Waals surface area contributed by atoms with Crippen LogP contribution in [0.2, 0.25) is 0 Å². The van der Waals surface area contributed by atoms with Crippen molar-refractivity contribution in [2.75, 3.05) is 14.2 Å². The molecular formula is C20H20N2O4. The third-order valence-corrected chi connectivity index (χ3v) is 4.05. The summed E-state index contributed by atoms with van der Waals surface area (Å²) in [6.45, 7) is 2.18. The van der Waals surface area contributed by atoms with Crippen molar-refractivity contribution in [3.8, 4) is 22.8 Å². The number of hydrogen-bond acceptors (Lipinski definition) is 5. The fraction of sp³-hybridized carbons (Fsp3) is 0.200. The number of carbonyl (C=O) groups excluding carboxylic acids is 1. The first-order valence-electron chi connectivity index (χ1n) is 8.14. The summed E-state index contributed by atoms with van der Waals surface area (Å²) in [6.07, 6.45) is 0. The van der Waals surface area contributed by atoms with Crippen LogP contribution in [0.15, 0.2) is 53.1 Å². The fourth-order valence-corrected chi connectivity index (χ4v) is 2.61. The summed E-state index contributed by atoms with van der Waals surface area (Å²) in [6, 6.07) is 14.7. The molecule has 1 N–H and O–H groups in total. The maximum Gasteiger partial charge on any atom is 0.251 e. The zero-order chi connectivity index (χ0) is 18.5. The first kappa shape index (κ1) is 17.5. The number of ether oxygens (including phenoxy) is 2. The zero-order valence-electron chi connectivity index (χ0n) is 14.9. The van der Waals surface area contributed by atoms with Crippen molar-refractivity contribution in [2.24, 2.45) is 0 Å². The first-order valence-corrected chi connectivity index (χ1v) is 8.14. The lowest BCUT2D eigenvalue weighted by molar-refractivity contribution is 0.0949. The Morgan fingerprint density at radius 3 is 2.58 bits per heavy atom. The van der Waals surface area contributed by atoms with Crippen LogP contribution in [0.4, 0.5) is 0 Å². The quantitative estimate of drug-likeness (QED) is 0.734. The minimum Gasteiger partial charge on any atom is -0.493 e. The van der Waals surface area contributed by atoms with Gasteiger partial charge in [0, 0.05) is 17.2 Å². The van der Waals surface area contributed by atoms with Gasteiger partial charge >= 0.3 is 0 Å². The number of methoxy groups -OCH3 is 2. The van der Waals surface area contributed by atoms with Crippen LogP contribution in [0, 0.1) is 6.92 Å². The minimum absolute atomic E-state index is 0.140. The molecule has 0 aliphatic heterocycles. The number of nitrogens with one attached hydrogen (secondary N) is 1. The standard InChI is InChI=1S/C20H20N2O4/c1-13-6-4-5-7-16(13)20(23)21-12-15-11-18(26-22-15)14-8-9-17(24-2)19(10-14)25-3/h4-11H,12H2,1-3H3,(H,21,23). The van der Waals surface area contributed by atoms with Gasteiger partial charge in [0.15, 0.2) is 17.3 Å². The van der Waals surface area contributed by atoms with E-state index in [0.29, 0.717) is 28.5 Å². The molecule has 0 unspecified atom stereocenters. The summed E-state index contributed by atoms with van der Waals surface area (Å²) in [5.41, 5.74) is 3.02. The van der Waals surface area contributed by atoms with Gasteiger partial charge in [0.05, 0.1) is 20.8 Å². The highest BCUT2D eigenvalue weighted by atomic mass is 16.5. The van der Waals surface area contributed by atoms with E-state index in [2.05, 4.69) is 10.5 Å². The number of hydrogen-bond donors (Lipinski definition) is 1. The van der Waals surface area contributed by atoms with E-state index in [-0.39, 0.29) is 12.5 Å². The molecule has 3 rings (SSSR count). The van der Waals surface area contributed by atoms with E-state index in [1.807, 2.05) is 37.3 Å². The monoisotopic (exact) mass is 352 g/mol. The van der Waals surface area contributed by atoms with E-state index in [4.69, 9.17) is 14.0 Å². The van der Waals surface area contributed by atoms with E-state index in [9.17, 15) is 4.79 Å². The molecule has 26 heavy (non-hydrogen) atoms. The van der Waals surface area contributed by atoms with Gasteiger partial charge in [-0.05, 0) is 36.8 Å². The predicted molar refractivity (Wildman–Crippen MR) is 97.4 cm³/mol. The smallest absolute Gasteiger partial charge is 0.251 e. The topological polar surface area (TPSA) is 73.6 Å². The molecule has 1 amide bonds. The molecular weight excluding hydrogens is 332 g/mol. The largest absolute Gasteiger partial charge is 0.493 e. The summed E-state index contributed by atoms with van der Waals surface area (Å²) < 4.78 is 15.9. The summed E-state index contributed by atoms with van der Waals surface area (Å²) in [5, 5.41) is 6.87. The van der Waals surface area contributed by atoms with Crippen molar-refractivity contribution >= 4 is 5.91 Å². The van der Waals surface area contributed by atoms with Crippen molar-refractivity contribution in [2.45, 2.75) is 13.5 Å². The Kier molecular flexibility index (Phi) is 5.22. The predicted octanol–water partition coefficient (Wildman–Crippen LogP) is 3.60. The van der Waals surface area contributed by atoms with Gasteiger partial charge < -0.3 is 19.3 Å². The highest BCUT2D eigenvalue weighted by molar-refractivity contribution is 5.95. The van der Waals surface area contributed by atoms with Gasteiger partial charge in [-0.25, -0.2) is 0 Å². The summed E-state index contributed by atoms with van der Waals surface area (Å²) >= 11 is 0. The molecule has 0 spiro atoms. The number of benzene rings is 2. The third kappa shape index (κ3) is 3.69. The summed E-state index contributed by atoms with van der Waals surface area (Å²) in [4.78, 5) is 12.3. The molecule has 0 aliphatic carbocycles. The van der Waals surface area contributed by atoms with Crippen molar-refractivity contribution in [1.29, 1.82) is 0 Å². The van der Waals surface area contributed by atoms with Crippen LogP contribution in [0.5, 0.6) is 11.5 Å². The van der Waals surface area contributed by atoms with E-state index < -0.39 is 0 Å². The van der Waals surface area contributed by atoms with Gasteiger partial charge in [-0.2, -0.15) is 0 Å². The Balaban J connectivity index is 1.70. The van der Waals surface area contributed by atoms with Crippen LogP contribution in [-0.4, -0.2) is 25.3 Å². The first-order chi connectivity index (χ1) is 12.6. The number of rotatable bonds is 6. The molecule has 0 atom stereocenters. The Morgan fingerprint density at radius 2 is 1.85 bits per heavy atom. The lowest BCUT2D eigenvalue weighted by Gasteiger charge is -2.07. The second-order valence-electron chi connectivity index (χ2n) is 5.75. The molecule has 0 fully saturated rings. The van der Waals surface area contributed by atoms with Crippen molar-refractivity contribution in [1.82, 2.24) is 10.5 Å². The van der Waals surface area contributed by atoms with Gasteiger partial charge in [0.2, 0.25) is 0 Å². The zero-order valence-corrected chi connectivity index (χ0v) is 14.9. The second-order valence-corrected chi connectivity index (χ2v) is 5.75. The minimum atomic E-state index is -0.140. The lowest BCUT2D eigenvalue weighted by atomic mass is 10.1. The van der Waals surface area contributed by atoms with Crippen LogP contribution < -0.4 is 14.8 Å². The molecule has 0 aliphatic rings. The number of nitrogens with zero attached hydrogens (tertiary/aromatic N) is 1. The van der Waals surface area contributed by atoms with Gasteiger partial charge in [0.1, 0.15) is 5.69 Å². The van der Waals surface area contributed by atoms with Crippen molar-refractivity contribution in [3.05, 3.63) is 65.4 Å². The van der Waals surface area contributed by atoms with Crippen LogP contribution in [-0.2, 0) is 6.54 Å². The number of amides is 1. The highest BCUT2D eigenvalue weighted by Gasteiger charge is 2.12. The van der Waals surface area contributed by atoms with Crippen molar-refractivity contribution < 1.29 is 18.8 Å². The number of aryl methyl sites for hydroxylation is 1. The molecule has 134 valence electrons. The number of carbonyl (C=O) groups is 1. The van der Waals surface area contributed by atoms with Crippen LogP contribution in [0.25, 0.3) is 11.3 Å².